The summed E-state index contributed by atoms with van der Waals surface area (Å²) in [4.78, 5) is 24.9. The highest BCUT2D eigenvalue weighted by molar-refractivity contribution is 7.89. The van der Waals surface area contributed by atoms with Crippen molar-refractivity contribution in [1.29, 1.82) is 0 Å². The van der Waals surface area contributed by atoms with E-state index in [9.17, 15) is 14.1 Å². The van der Waals surface area contributed by atoms with Crippen molar-refractivity contribution >= 4 is 39.5 Å². The monoisotopic (exact) mass is 553 g/mol. The zero-order valence-corrected chi connectivity index (χ0v) is 23.8. The van der Waals surface area contributed by atoms with Crippen molar-refractivity contribution in [2.45, 2.75) is 75.9 Å². The summed E-state index contributed by atoms with van der Waals surface area (Å²) in [5.41, 5.74) is 2.35. The van der Waals surface area contributed by atoms with Gasteiger partial charge in [0.05, 0.1) is 0 Å². The molecule has 38 heavy (non-hydrogen) atoms. The van der Waals surface area contributed by atoms with E-state index >= 15 is 0 Å². The molecule has 0 bridgehead atoms. The number of carbonyl (C=O) groups excluding carboxylic acids is 2. The smallest absolute Gasteiger partial charge is 0.306 e. The molecule has 3 aromatic rings. The van der Waals surface area contributed by atoms with Crippen LogP contribution >= 0.6 is 11.3 Å². The number of esters is 1. The minimum Gasteiger partial charge on any atom is -0.616 e. The molecule has 202 valence electrons. The molecular formula is C29H35N3O4S2. The van der Waals surface area contributed by atoms with Crippen molar-refractivity contribution in [2.75, 3.05) is 5.32 Å². The molecule has 2 aromatic carbocycles. The molecule has 1 unspecified atom stereocenters. The van der Waals surface area contributed by atoms with E-state index in [0.29, 0.717) is 45.5 Å². The van der Waals surface area contributed by atoms with Gasteiger partial charge in [0.15, 0.2) is 10.8 Å². The molecule has 1 aromatic heterocycles. The van der Waals surface area contributed by atoms with Crippen molar-refractivity contribution in [3.05, 3.63) is 76.3 Å². The van der Waals surface area contributed by atoms with Crippen LogP contribution in [0.4, 0.5) is 5.13 Å². The molecule has 1 heterocycles. The average molecular weight is 554 g/mol. The lowest BCUT2D eigenvalue weighted by molar-refractivity contribution is -0.156. The number of aromatic nitrogens is 2. The third-order valence-corrected chi connectivity index (χ3v) is 8.78. The third kappa shape index (κ3) is 8.64. The Hall–Kier alpha value is -2.75. The van der Waals surface area contributed by atoms with Crippen LogP contribution in [0.3, 0.4) is 0 Å². The molecule has 4 rings (SSSR count). The molecule has 1 fully saturated rings. The van der Waals surface area contributed by atoms with Crippen molar-refractivity contribution in [1.82, 2.24) is 10.2 Å². The fourth-order valence-corrected chi connectivity index (χ4v) is 6.87. The Kier molecular flexibility index (Phi) is 9.57. The first-order valence-corrected chi connectivity index (χ1v) is 15.3. The van der Waals surface area contributed by atoms with Crippen molar-refractivity contribution in [3.63, 3.8) is 0 Å². The number of nitrogens with one attached hydrogen (secondary N) is 1. The number of rotatable bonds is 9. The molecule has 1 amide bonds. The minimum atomic E-state index is -1.10. The van der Waals surface area contributed by atoms with Gasteiger partial charge >= 0.3 is 5.97 Å². The maximum atomic E-state index is 12.7. The fraction of sp³-hybridized carbons (Fsp3) is 0.448. The fourth-order valence-electron chi connectivity index (χ4n) is 4.71. The van der Waals surface area contributed by atoms with Gasteiger partial charge in [-0.05, 0) is 87.2 Å². The first-order valence-electron chi connectivity index (χ1n) is 13.0. The normalized spacial score (nSPS) is 18.5. The Morgan fingerprint density at radius 1 is 1.00 bits per heavy atom. The molecular weight excluding hydrogens is 518 g/mol. The number of nitrogens with zero attached hydrogens (tertiary/aromatic N) is 2. The highest BCUT2D eigenvalue weighted by Gasteiger charge is 2.26. The second kappa shape index (κ2) is 12.9. The Balaban J connectivity index is 1.23. The van der Waals surface area contributed by atoms with Crippen LogP contribution in [0.1, 0.15) is 85.3 Å². The largest absolute Gasteiger partial charge is 0.616 e. The predicted octanol–water partition coefficient (Wildman–Crippen LogP) is 6.24. The maximum Gasteiger partial charge on any atom is 0.306 e. The first-order chi connectivity index (χ1) is 18.1. The number of anilines is 1. The molecule has 0 aliphatic heterocycles. The van der Waals surface area contributed by atoms with Crippen LogP contribution in [0, 0.1) is 5.92 Å². The lowest BCUT2D eigenvalue weighted by atomic mass is 9.77. The number of amides is 1. The molecule has 1 aliphatic rings. The number of benzene rings is 2. The van der Waals surface area contributed by atoms with Crippen LogP contribution in [-0.4, -0.2) is 32.2 Å². The summed E-state index contributed by atoms with van der Waals surface area (Å²) < 4.78 is 17.9. The highest BCUT2D eigenvalue weighted by Crippen LogP contribution is 2.37. The number of hydrogen-bond acceptors (Lipinski definition) is 7. The SMILES string of the molecule is CC(C)(C)OC(=O)C[C@H]1CC[C@H](c2ccc(C(=O)Nc3nnc(C[S+]([O-])Cc4ccccc4)s3)cc2)CC1. The number of ether oxygens (including phenoxy) is 1. The second-order valence-electron chi connectivity index (χ2n) is 10.8. The van der Waals surface area contributed by atoms with Crippen molar-refractivity contribution < 1.29 is 18.9 Å². The Labute approximate surface area is 231 Å². The van der Waals surface area contributed by atoms with Gasteiger partial charge < -0.3 is 9.29 Å². The van der Waals surface area contributed by atoms with Gasteiger partial charge in [-0.25, -0.2) is 0 Å². The molecule has 7 nitrogen and oxygen atoms in total. The standard InChI is InChI=1S/C29H35N3O4S2/c1-29(2,3)36-26(33)17-20-9-11-22(12-10-20)23-13-15-24(16-14-23)27(34)30-28-32-31-25(37-28)19-38(35)18-21-7-5-4-6-8-21/h4-8,13-16,20,22H,9-12,17-19H2,1-3H3,(H,30,32,34)/t20-,22-,38?. The molecule has 1 atom stereocenters. The average Bonchev–Trinajstić information content (AvgIpc) is 3.30. The van der Waals surface area contributed by atoms with E-state index < -0.39 is 16.8 Å². The molecule has 0 spiro atoms. The van der Waals surface area contributed by atoms with Gasteiger partial charge in [-0.1, -0.05) is 53.8 Å². The second-order valence-corrected chi connectivity index (χ2v) is 13.3. The van der Waals surface area contributed by atoms with E-state index in [2.05, 4.69) is 15.5 Å². The highest BCUT2D eigenvalue weighted by atomic mass is 32.2. The summed E-state index contributed by atoms with van der Waals surface area (Å²) >= 11 is 0.147. The van der Waals surface area contributed by atoms with Gasteiger partial charge in [0, 0.05) is 17.5 Å². The maximum absolute atomic E-state index is 12.7. The Morgan fingerprint density at radius 2 is 1.68 bits per heavy atom. The minimum absolute atomic E-state index is 0.112. The summed E-state index contributed by atoms with van der Waals surface area (Å²) in [7, 11) is 0. The molecule has 1 aliphatic carbocycles. The quantitative estimate of drug-likeness (QED) is 0.248. The topological polar surface area (TPSA) is 104 Å². The van der Waals surface area contributed by atoms with Gasteiger partial charge in [-0.3, -0.25) is 14.9 Å². The van der Waals surface area contributed by atoms with Crippen LogP contribution in [0.2, 0.25) is 0 Å². The molecule has 0 radical (unpaired) electrons. The van der Waals surface area contributed by atoms with Crippen LogP contribution < -0.4 is 5.32 Å². The van der Waals surface area contributed by atoms with Crippen LogP contribution in [0.15, 0.2) is 54.6 Å². The van der Waals surface area contributed by atoms with Gasteiger partial charge in [-0.15, -0.1) is 10.2 Å². The van der Waals surface area contributed by atoms with Crippen LogP contribution in [-0.2, 0) is 32.2 Å². The van der Waals surface area contributed by atoms with E-state index in [1.165, 1.54) is 16.9 Å². The molecule has 9 heteroatoms. The van der Waals surface area contributed by atoms with Gasteiger partial charge in [0.2, 0.25) is 5.13 Å². The van der Waals surface area contributed by atoms with E-state index in [4.69, 9.17) is 4.74 Å². The Bertz CT molecular complexity index is 1200. The number of carbonyl (C=O) groups is 2. The molecule has 0 saturated heterocycles. The van der Waals surface area contributed by atoms with Crippen molar-refractivity contribution in [2.24, 2.45) is 5.92 Å². The third-order valence-electron chi connectivity index (χ3n) is 6.51. The zero-order chi connectivity index (χ0) is 27.1. The van der Waals surface area contributed by atoms with Gasteiger partial charge in [0.1, 0.15) is 11.4 Å². The van der Waals surface area contributed by atoms with Gasteiger partial charge in [-0.2, -0.15) is 0 Å². The summed E-state index contributed by atoms with van der Waals surface area (Å²) in [5, 5.41) is 12.0. The summed E-state index contributed by atoms with van der Waals surface area (Å²) in [6.07, 6.45) is 4.54. The predicted molar refractivity (Wildman–Crippen MR) is 151 cm³/mol. The Morgan fingerprint density at radius 3 is 2.34 bits per heavy atom. The lowest BCUT2D eigenvalue weighted by Crippen LogP contribution is -2.26. The summed E-state index contributed by atoms with van der Waals surface area (Å²) in [6.45, 7) is 5.69. The van der Waals surface area contributed by atoms with E-state index in [1.807, 2.05) is 75.4 Å². The summed E-state index contributed by atoms with van der Waals surface area (Å²) in [5.74, 6) is 1.21. The van der Waals surface area contributed by atoms with Crippen LogP contribution in [0.25, 0.3) is 0 Å². The molecule has 1 saturated carbocycles. The lowest BCUT2D eigenvalue weighted by Gasteiger charge is -2.29. The van der Waals surface area contributed by atoms with E-state index in [-0.39, 0.29) is 11.9 Å². The van der Waals surface area contributed by atoms with Crippen LogP contribution in [0.5, 0.6) is 0 Å². The molecule has 1 N–H and O–H groups in total. The summed E-state index contributed by atoms with van der Waals surface area (Å²) in [6, 6.07) is 17.4. The zero-order valence-electron chi connectivity index (χ0n) is 22.1. The number of hydrogen-bond donors (Lipinski definition) is 1. The first kappa shape index (κ1) is 28.3. The van der Waals surface area contributed by atoms with E-state index in [0.717, 1.165) is 31.2 Å². The van der Waals surface area contributed by atoms with Gasteiger partial charge in [0.25, 0.3) is 5.91 Å². The van der Waals surface area contributed by atoms with E-state index in [1.54, 1.807) is 0 Å². The van der Waals surface area contributed by atoms with Crippen molar-refractivity contribution in [3.8, 4) is 0 Å².